The molecule has 2 aliphatic rings. The molecule has 92 valence electrons. The van der Waals surface area contributed by atoms with Crippen molar-refractivity contribution >= 4 is 6.09 Å². The number of methoxy groups -OCH3 is 1. The molecule has 0 spiro atoms. The zero-order chi connectivity index (χ0) is 11.4. The molecule has 2 fully saturated rings. The molecule has 0 aromatic rings. The SMILES string of the molecule is COC(=O)N1CCC(NC2CCOC2)CC1. The molecule has 5 nitrogen and oxygen atoms in total. The summed E-state index contributed by atoms with van der Waals surface area (Å²) in [6.07, 6.45) is 2.91. The molecule has 0 aromatic carbocycles. The molecular weight excluding hydrogens is 208 g/mol. The summed E-state index contributed by atoms with van der Waals surface area (Å²) in [7, 11) is 1.43. The Morgan fingerprint density at radius 1 is 1.31 bits per heavy atom. The van der Waals surface area contributed by atoms with Crippen molar-refractivity contribution in [3.63, 3.8) is 0 Å². The van der Waals surface area contributed by atoms with Crippen LogP contribution in [0, 0.1) is 0 Å². The summed E-state index contributed by atoms with van der Waals surface area (Å²) >= 11 is 0. The Morgan fingerprint density at radius 2 is 2.06 bits per heavy atom. The van der Waals surface area contributed by atoms with E-state index in [2.05, 4.69) is 5.32 Å². The van der Waals surface area contributed by atoms with E-state index in [1.165, 1.54) is 7.11 Å². The Hall–Kier alpha value is -0.810. The molecule has 1 amide bonds. The van der Waals surface area contributed by atoms with Crippen molar-refractivity contribution in [2.75, 3.05) is 33.4 Å². The number of hydrogen-bond acceptors (Lipinski definition) is 4. The molecule has 0 radical (unpaired) electrons. The molecule has 16 heavy (non-hydrogen) atoms. The van der Waals surface area contributed by atoms with Gasteiger partial charge in [0.05, 0.1) is 13.7 Å². The molecule has 1 atom stereocenters. The summed E-state index contributed by atoms with van der Waals surface area (Å²) in [5, 5.41) is 3.59. The van der Waals surface area contributed by atoms with E-state index in [4.69, 9.17) is 9.47 Å². The molecule has 5 heteroatoms. The van der Waals surface area contributed by atoms with Gasteiger partial charge in [-0.15, -0.1) is 0 Å². The molecular formula is C11H20N2O3. The number of ether oxygens (including phenoxy) is 2. The van der Waals surface area contributed by atoms with Crippen molar-refractivity contribution in [1.82, 2.24) is 10.2 Å². The van der Waals surface area contributed by atoms with E-state index < -0.39 is 0 Å². The average molecular weight is 228 g/mol. The second-order valence-corrected chi connectivity index (χ2v) is 4.46. The minimum absolute atomic E-state index is 0.206. The first-order chi connectivity index (χ1) is 7.79. The Balaban J connectivity index is 1.70. The van der Waals surface area contributed by atoms with Crippen molar-refractivity contribution < 1.29 is 14.3 Å². The highest BCUT2D eigenvalue weighted by Gasteiger charge is 2.25. The van der Waals surface area contributed by atoms with Gasteiger partial charge in [0.25, 0.3) is 0 Å². The number of rotatable bonds is 2. The molecule has 2 aliphatic heterocycles. The molecule has 0 aliphatic carbocycles. The van der Waals surface area contributed by atoms with Crippen LogP contribution in [-0.4, -0.2) is 56.5 Å². The Morgan fingerprint density at radius 3 is 2.62 bits per heavy atom. The van der Waals surface area contributed by atoms with Gasteiger partial charge in [-0.25, -0.2) is 4.79 Å². The van der Waals surface area contributed by atoms with E-state index >= 15 is 0 Å². The van der Waals surface area contributed by atoms with Gasteiger partial charge < -0.3 is 19.7 Å². The van der Waals surface area contributed by atoms with Gasteiger partial charge in [0.1, 0.15) is 0 Å². The third kappa shape index (κ3) is 2.86. The molecule has 1 unspecified atom stereocenters. The van der Waals surface area contributed by atoms with Crippen molar-refractivity contribution in [3.8, 4) is 0 Å². The standard InChI is InChI=1S/C11H20N2O3/c1-15-11(14)13-5-2-9(3-6-13)12-10-4-7-16-8-10/h9-10,12H,2-8H2,1H3. The molecule has 0 bridgehead atoms. The minimum atomic E-state index is -0.206. The van der Waals surface area contributed by atoms with Gasteiger partial charge in [0.15, 0.2) is 0 Å². The molecule has 0 aromatic heterocycles. The van der Waals surface area contributed by atoms with E-state index in [0.29, 0.717) is 12.1 Å². The highest BCUT2D eigenvalue weighted by molar-refractivity contribution is 5.67. The van der Waals surface area contributed by atoms with Gasteiger partial charge in [0, 0.05) is 31.8 Å². The zero-order valence-corrected chi connectivity index (χ0v) is 9.78. The fourth-order valence-corrected chi connectivity index (χ4v) is 2.36. The van der Waals surface area contributed by atoms with Gasteiger partial charge in [-0.1, -0.05) is 0 Å². The van der Waals surface area contributed by atoms with Crippen LogP contribution in [0.1, 0.15) is 19.3 Å². The van der Waals surface area contributed by atoms with Crippen molar-refractivity contribution in [3.05, 3.63) is 0 Å². The lowest BCUT2D eigenvalue weighted by Gasteiger charge is -2.32. The first-order valence-corrected chi connectivity index (χ1v) is 5.96. The normalized spacial score (nSPS) is 27.1. The Kier molecular flexibility index (Phi) is 4.01. The second-order valence-electron chi connectivity index (χ2n) is 4.46. The lowest BCUT2D eigenvalue weighted by molar-refractivity contribution is 0.108. The van der Waals surface area contributed by atoms with Crippen LogP contribution in [0.4, 0.5) is 4.79 Å². The maximum atomic E-state index is 11.3. The number of nitrogens with zero attached hydrogens (tertiary/aromatic N) is 1. The number of amides is 1. The molecule has 2 saturated heterocycles. The van der Waals surface area contributed by atoms with Crippen molar-refractivity contribution in [2.24, 2.45) is 0 Å². The maximum Gasteiger partial charge on any atom is 0.409 e. The monoisotopic (exact) mass is 228 g/mol. The first kappa shape index (κ1) is 11.7. The number of likely N-dealkylation sites (tertiary alicyclic amines) is 1. The molecule has 1 N–H and O–H groups in total. The van der Waals surface area contributed by atoms with E-state index in [-0.39, 0.29) is 6.09 Å². The van der Waals surface area contributed by atoms with Gasteiger partial charge in [-0.05, 0) is 19.3 Å². The Labute approximate surface area is 96.1 Å². The predicted octanol–water partition coefficient (Wildman–Crippen LogP) is 0.596. The number of carbonyl (C=O) groups is 1. The van der Waals surface area contributed by atoms with Gasteiger partial charge >= 0.3 is 6.09 Å². The summed E-state index contributed by atoms with van der Waals surface area (Å²) in [6, 6.07) is 1.03. The van der Waals surface area contributed by atoms with Gasteiger partial charge in [-0.3, -0.25) is 0 Å². The van der Waals surface area contributed by atoms with E-state index in [1.54, 1.807) is 4.90 Å². The largest absolute Gasteiger partial charge is 0.453 e. The van der Waals surface area contributed by atoms with Gasteiger partial charge in [0.2, 0.25) is 0 Å². The fourth-order valence-electron chi connectivity index (χ4n) is 2.36. The highest BCUT2D eigenvalue weighted by atomic mass is 16.5. The third-order valence-corrected chi connectivity index (χ3v) is 3.33. The van der Waals surface area contributed by atoms with E-state index in [0.717, 1.165) is 45.6 Å². The second kappa shape index (κ2) is 5.50. The summed E-state index contributed by atoms with van der Waals surface area (Å²) < 4.78 is 10.0. The quantitative estimate of drug-likeness (QED) is 0.752. The first-order valence-electron chi connectivity index (χ1n) is 5.96. The number of hydrogen-bond donors (Lipinski definition) is 1. The van der Waals surface area contributed by atoms with Crippen LogP contribution in [0.25, 0.3) is 0 Å². The Bertz CT molecular complexity index is 233. The number of carbonyl (C=O) groups excluding carboxylic acids is 1. The van der Waals surface area contributed by atoms with Crippen molar-refractivity contribution in [1.29, 1.82) is 0 Å². The van der Waals surface area contributed by atoms with Crippen LogP contribution in [0.3, 0.4) is 0 Å². The topological polar surface area (TPSA) is 50.8 Å². The van der Waals surface area contributed by atoms with Crippen LogP contribution in [-0.2, 0) is 9.47 Å². The summed E-state index contributed by atoms with van der Waals surface area (Å²) in [6.45, 7) is 3.28. The number of piperidine rings is 1. The van der Waals surface area contributed by atoms with Crippen LogP contribution in [0.5, 0.6) is 0 Å². The maximum absolute atomic E-state index is 11.3. The average Bonchev–Trinajstić information content (AvgIpc) is 2.82. The number of nitrogens with one attached hydrogen (secondary N) is 1. The van der Waals surface area contributed by atoms with Crippen LogP contribution in [0.2, 0.25) is 0 Å². The smallest absolute Gasteiger partial charge is 0.409 e. The van der Waals surface area contributed by atoms with Crippen molar-refractivity contribution in [2.45, 2.75) is 31.3 Å². The molecule has 2 heterocycles. The van der Waals surface area contributed by atoms with Crippen LogP contribution in [0.15, 0.2) is 0 Å². The summed E-state index contributed by atoms with van der Waals surface area (Å²) in [5.41, 5.74) is 0. The van der Waals surface area contributed by atoms with Crippen LogP contribution < -0.4 is 5.32 Å². The minimum Gasteiger partial charge on any atom is -0.453 e. The van der Waals surface area contributed by atoms with E-state index in [9.17, 15) is 4.79 Å². The molecule has 2 rings (SSSR count). The summed E-state index contributed by atoms with van der Waals surface area (Å²) in [4.78, 5) is 13.0. The van der Waals surface area contributed by atoms with Crippen LogP contribution >= 0.6 is 0 Å². The predicted molar refractivity (Wildman–Crippen MR) is 59.4 cm³/mol. The van der Waals surface area contributed by atoms with Gasteiger partial charge in [-0.2, -0.15) is 0 Å². The third-order valence-electron chi connectivity index (χ3n) is 3.33. The summed E-state index contributed by atoms with van der Waals surface area (Å²) in [5.74, 6) is 0. The fraction of sp³-hybridized carbons (Fsp3) is 0.909. The highest BCUT2D eigenvalue weighted by Crippen LogP contribution is 2.14. The zero-order valence-electron chi connectivity index (χ0n) is 9.78. The lowest BCUT2D eigenvalue weighted by atomic mass is 10.0. The molecule has 0 saturated carbocycles. The lowest BCUT2D eigenvalue weighted by Crippen LogP contribution is -2.47. The van der Waals surface area contributed by atoms with E-state index in [1.807, 2.05) is 0 Å².